The minimum Gasteiger partial charge on any atom is -0.298 e. The third kappa shape index (κ3) is 1.95. The number of hydrogen-bond acceptors (Lipinski definition) is 2. The van der Waals surface area contributed by atoms with Gasteiger partial charge in [0.05, 0.1) is 0 Å². The first-order valence-corrected chi connectivity index (χ1v) is 5.42. The molecule has 0 bridgehead atoms. The molecule has 2 rings (SSSR count). The lowest BCUT2D eigenvalue weighted by atomic mass is 9.94. The molecule has 1 aromatic rings. The largest absolute Gasteiger partial charge is 0.298 e. The van der Waals surface area contributed by atoms with Crippen LogP contribution in [0.4, 0.5) is 0 Å². The molecule has 0 spiro atoms. The third-order valence-corrected chi connectivity index (χ3v) is 3.05. The maximum Gasteiger partial charge on any atom is 0.0300 e. The predicted octanol–water partition coefficient (Wildman–Crippen LogP) is 2.11. The van der Waals surface area contributed by atoms with Gasteiger partial charge >= 0.3 is 0 Å². The molecule has 1 aliphatic heterocycles. The van der Waals surface area contributed by atoms with Gasteiger partial charge in [-0.3, -0.25) is 9.88 Å². The highest BCUT2D eigenvalue weighted by molar-refractivity contribution is 5.11. The monoisotopic (exact) mass is 190 g/mol. The second-order valence-electron chi connectivity index (χ2n) is 4.34. The molecule has 1 saturated heterocycles. The van der Waals surface area contributed by atoms with Crippen molar-refractivity contribution >= 4 is 0 Å². The molecule has 0 N–H and O–H groups in total. The molecule has 1 aromatic heterocycles. The lowest BCUT2D eigenvalue weighted by Crippen LogP contribution is -2.52. The summed E-state index contributed by atoms with van der Waals surface area (Å²) in [5.41, 5.74) is 1.36. The Morgan fingerprint density at radius 1 is 1.57 bits per heavy atom. The smallest absolute Gasteiger partial charge is 0.0300 e. The van der Waals surface area contributed by atoms with Crippen molar-refractivity contribution in [3.05, 3.63) is 30.1 Å². The summed E-state index contributed by atoms with van der Waals surface area (Å²) in [6, 6.07) is 5.63. The zero-order chi connectivity index (χ0) is 9.97. The number of aromatic nitrogens is 1. The summed E-state index contributed by atoms with van der Waals surface area (Å²) in [6.07, 6.45) is 6.32. The second kappa shape index (κ2) is 4.09. The van der Waals surface area contributed by atoms with Crippen molar-refractivity contribution in [1.82, 2.24) is 9.88 Å². The van der Waals surface area contributed by atoms with Crippen molar-refractivity contribution in [2.45, 2.75) is 38.8 Å². The molecular formula is C12H18N2. The number of rotatable bonds is 3. The van der Waals surface area contributed by atoms with Gasteiger partial charge in [-0.05, 0) is 38.3 Å². The van der Waals surface area contributed by atoms with Crippen LogP contribution in [-0.2, 0) is 6.42 Å². The topological polar surface area (TPSA) is 16.1 Å². The van der Waals surface area contributed by atoms with Crippen molar-refractivity contribution in [3.8, 4) is 0 Å². The van der Waals surface area contributed by atoms with Crippen LogP contribution >= 0.6 is 0 Å². The van der Waals surface area contributed by atoms with Crippen LogP contribution in [0.5, 0.6) is 0 Å². The number of pyridine rings is 1. The third-order valence-electron chi connectivity index (χ3n) is 3.05. The van der Waals surface area contributed by atoms with E-state index in [1.165, 1.54) is 18.5 Å². The van der Waals surface area contributed by atoms with Gasteiger partial charge in [0.1, 0.15) is 0 Å². The molecular weight excluding hydrogens is 172 g/mol. The van der Waals surface area contributed by atoms with Crippen LogP contribution in [-0.4, -0.2) is 28.5 Å². The SMILES string of the molecule is CC(C)N1CCC1Cc1cccnc1. The van der Waals surface area contributed by atoms with E-state index in [0.29, 0.717) is 6.04 Å². The summed E-state index contributed by atoms with van der Waals surface area (Å²) in [7, 11) is 0. The molecule has 1 fully saturated rings. The van der Waals surface area contributed by atoms with Crippen molar-refractivity contribution in [2.24, 2.45) is 0 Å². The summed E-state index contributed by atoms with van der Waals surface area (Å²) in [6.45, 7) is 5.81. The molecule has 0 radical (unpaired) electrons. The van der Waals surface area contributed by atoms with Crippen LogP contribution < -0.4 is 0 Å². The summed E-state index contributed by atoms with van der Waals surface area (Å²) < 4.78 is 0. The molecule has 1 atom stereocenters. The number of likely N-dealkylation sites (tertiary alicyclic amines) is 1. The van der Waals surface area contributed by atoms with Gasteiger partial charge in [0.25, 0.3) is 0 Å². The van der Waals surface area contributed by atoms with E-state index in [4.69, 9.17) is 0 Å². The van der Waals surface area contributed by atoms with Crippen molar-refractivity contribution in [2.75, 3.05) is 6.54 Å². The van der Waals surface area contributed by atoms with Gasteiger partial charge in [-0.25, -0.2) is 0 Å². The van der Waals surface area contributed by atoms with E-state index in [0.717, 1.165) is 12.5 Å². The van der Waals surface area contributed by atoms with Gasteiger partial charge in [0.2, 0.25) is 0 Å². The first-order chi connectivity index (χ1) is 6.77. The summed E-state index contributed by atoms with van der Waals surface area (Å²) in [5, 5.41) is 0. The van der Waals surface area contributed by atoms with Gasteiger partial charge in [0.15, 0.2) is 0 Å². The van der Waals surface area contributed by atoms with Crippen LogP contribution in [0.25, 0.3) is 0 Å². The fraction of sp³-hybridized carbons (Fsp3) is 0.583. The van der Waals surface area contributed by atoms with Crippen LogP contribution in [0.1, 0.15) is 25.8 Å². The minimum atomic E-state index is 0.686. The molecule has 0 saturated carbocycles. The van der Waals surface area contributed by atoms with Crippen molar-refractivity contribution in [1.29, 1.82) is 0 Å². The highest BCUT2D eigenvalue weighted by atomic mass is 15.2. The molecule has 0 aliphatic carbocycles. The highest BCUT2D eigenvalue weighted by Gasteiger charge is 2.29. The quantitative estimate of drug-likeness (QED) is 0.725. The maximum absolute atomic E-state index is 4.15. The van der Waals surface area contributed by atoms with Crippen LogP contribution in [0.2, 0.25) is 0 Å². The molecule has 14 heavy (non-hydrogen) atoms. The van der Waals surface area contributed by atoms with Gasteiger partial charge in [-0.15, -0.1) is 0 Å². The van der Waals surface area contributed by atoms with Gasteiger partial charge < -0.3 is 0 Å². The Bertz CT molecular complexity index is 282. The Kier molecular flexibility index (Phi) is 2.82. The molecule has 2 nitrogen and oxygen atoms in total. The van der Waals surface area contributed by atoms with Gasteiger partial charge in [-0.2, -0.15) is 0 Å². The van der Waals surface area contributed by atoms with E-state index in [1.807, 2.05) is 18.5 Å². The molecule has 76 valence electrons. The Balaban J connectivity index is 1.93. The Morgan fingerprint density at radius 3 is 2.93 bits per heavy atom. The summed E-state index contributed by atoms with van der Waals surface area (Å²) in [5.74, 6) is 0. The first-order valence-electron chi connectivity index (χ1n) is 5.42. The Morgan fingerprint density at radius 2 is 2.43 bits per heavy atom. The maximum atomic E-state index is 4.15. The van der Waals surface area contributed by atoms with Crippen molar-refractivity contribution in [3.63, 3.8) is 0 Å². The molecule has 0 aromatic carbocycles. The second-order valence-corrected chi connectivity index (χ2v) is 4.34. The van der Waals surface area contributed by atoms with Gasteiger partial charge in [-0.1, -0.05) is 6.07 Å². The summed E-state index contributed by atoms with van der Waals surface area (Å²) in [4.78, 5) is 6.71. The van der Waals surface area contributed by atoms with Gasteiger partial charge in [0, 0.05) is 31.0 Å². The van der Waals surface area contributed by atoms with E-state index in [-0.39, 0.29) is 0 Å². The lowest BCUT2D eigenvalue weighted by molar-refractivity contribution is 0.0569. The highest BCUT2D eigenvalue weighted by Crippen LogP contribution is 2.23. The molecule has 1 aliphatic rings. The number of nitrogens with zero attached hydrogens (tertiary/aromatic N) is 2. The molecule has 1 unspecified atom stereocenters. The molecule has 0 amide bonds. The fourth-order valence-electron chi connectivity index (χ4n) is 2.15. The van der Waals surface area contributed by atoms with Crippen molar-refractivity contribution < 1.29 is 0 Å². The average Bonchev–Trinajstić information content (AvgIpc) is 2.13. The standard InChI is InChI=1S/C12H18N2/c1-10(2)14-7-5-12(14)8-11-4-3-6-13-9-11/h3-4,6,9-10,12H,5,7-8H2,1-2H3. The van der Waals surface area contributed by atoms with Crippen LogP contribution in [0.15, 0.2) is 24.5 Å². The lowest BCUT2D eigenvalue weighted by Gasteiger charge is -2.44. The zero-order valence-electron chi connectivity index (χ0n) is 8.98. The predicted molar refractivity (Wildman–Crippen MR) is 58.2 cm³/mol. The Labute approximate surface area is 86.0 Å². The van der Waals surface area contributed by atoms with E-state index in [1.54, 1.807) is 0 Å². The van der Waals surface area contributed by atoms with E-state index >= 15 is 0 Å². The zero-order valence-corrected chi connectivity index (χ0v) is 8.98. The molecule has 2 heteroatoms. The van der Waals surface area contributed by atoms with Crippen LogP contribution in [0, 0.1) is 0 Å². The van der Waals surface area contributed by atoms with E-state index in [2.05, 4.69) is 29.8 Å². The van der Waals surface area contributed by atoms with E-state index in [9.17, 15) is 0 Å². The van der Waals surface area contributed by atoms with E-state index < -0.39 is 0 Å². The average molecular weight is 190 g/mol. The minimum absolute atomic E-state index is 0.686. The summed E-state index contributed by atoms with van der Waals surface area (Å²) >= 11 is 0. The number of hydrogen-bond donors (Lipinski definition) is 0. The fourth-order valence-corrected chi connectivity index (χ4v) is 2.15. The normalized spacial score (nSPS) is 22.4. The Hall–Kier alpha value is -0.890. The first kappa shape index (κ1) is 9.66. The van der Waals surface area contributed by atoms with Crippen LogP contribution in [0.3, 0.4) is 0 Å². The molecule has 2 heterocycles.